The van der Waals surface area contributed by atoms with Crippen LogP contribution < -0.4 is 9.47 Å². The van der Waals surface area contributed by atoms with E-state index in [2.05, 4.69) is 19.9 Å². The average Bonchev–Trinajstić information content (AvgIpc) is 3.18. The molecular weight excluding hydrogens is 349 g/mol. The quantitative estimate of drug-likeness (QED) is 0.827. The Balaban J connectivity index is 1.88. The predicted molar refractivity (Wildman–Crippen MR) is 87.2 cm³/mol. The number of ether oxygens (including phenoxy) is 2. The minimum atomic E-state index is -4.46. The van der Waals surface area contributed by atoms with Gasteiger partial charge in [0.2, 0.25) is 5.88 Å². The largest absolute Gasteiger partial charge is 0.467 e. The first-order valence-corrected chi connectivity index (χ1v) is 8.59. The molecule has 6 nitrogen and oxygen atoms in total. The second-order valence-electron chi connectivity index (χ2n) is 6.70. The molecule has 2 saturated heterocycles. The van der Waals surface area contributed by atoms with E-state index in [0.717, 1.165) is 38.8 Å². The van der Waals surface area contributed by atoms with Crippen LogP contribution in [-0.2, 0) is 5.54 Å². The van der Waals surface area contributed by atoms with E-state index in [9.17, 15) is 13.2 Å². The van der Waals surface area contributed by atoms with Gasteiger partial charge in [-0.2, -0.15) is 23.1 Å². The normalized spacial score (nSPS) is 19.7. The van der Waals surface area contributed by atoms with Gasteiger partial charge in [0, 0.05) is 6.20 Å². The van der Waals surface area contributed by atoms with E-state index >= 15 is 0 Å². The molecule has 140 valence electrons. The molecule has 4 rings (SSSR count). The summed E-state index contributed by atoms with van der Waals surface area (Å²) >= 11 is 0. The van der Waals surface area contributed by atoms with Crippen LogP contribution in [0.5, 0.6) is 11.9 Å². The monoisotopic (exact) mass is 368 g/mol. The van der Waals surface area contributed by atoms with Gasteiger partial charge < -0.3 is 9.47 Å². The number of rotatable bonds is 4. The zero-order valence-corrected chi connectivity index (χ0v) is 14.3. The van der Waals surface area contributed by atoms with Crippen LogP contribution in [0.1, 0.15) is 31.4 Å². The molecule has 9 heteroatoms. The van der Waals surface area contributed by atoms with Gasteiger partial charge in [-0.05, 0) is 44.8 Å². The maximum Gasteiger partial charge on any atom is 0.422 e. The zero-order chi connectivity index (χ0) is 18.4. The van der Waals surface area contributed by atoms with E-state index in [4.69, 9.17) is 9.47 Å². The molecular formula is C17H19F3N4O2. The summed E-state index contributed by atoms with van der Waals surface area (Å²) in [6.07, 6.45) is 1.09. The Hall–Kier alpha value is -2.16. The summed E-state index contributed by atoms with van der Waals surface area (Å²) in [5, 5.41) is 0.450. The van der Waals surface area contributed by atoms with Crippen molar-refractivity contribution in [3.8, 4) is 11.9 Å². The molecule has 0 saturated carbocycles. The number of pyridine rings is 1. The van der Waals surface area contributed by atoms with Crippen LogP contribution in [-0.4, -0.2) is 52.8 Å². The molecule has 2 fully saturated rings. The van der Waals surface area contributed by atoms with Crippen LogP contribution in [0.4, 0.5) is 13.2 Å². The summed E-state index contributed by atoms with van der Waals surface area (Å²) in [7, 11) is 1.37. The average molecular weight is 368 g/mol. The number of hydrogen-bond donors (Lipinski definition) is 0. The molecule has 2 aliphatic rings. The molecule has 0 atom stereocenters. The lowest BCUT2D eigenvalue weighted by atomic mass is 9.88. The van der Waals surface area contributed by atoms with Gasteiger partial charge in [-0.15, -0.1) is 0 Å². The predicted octanol–water partition coefficient (Wildman–Crippen LogP) is 3.06. The Morgan fingerprint density at radius 3 is 2.58 bits per heavy atom. The summed E-state index contributed by atoms with van der Waals surface area (Å²) in [5.41, 5.74) is 0.922. The van der Waals surface area contributed by atoms with E-state index < -0.39 is 12.8 Å². The maximum absolute atomic E-state index is 12.7. The number of aromatic nitrogens is 3. The summed E-state index contributed by atoms with van der Waals surface area (Å²) in [6, 6.07) is 1.62. The third-order valence-electron chi connectivity index (χ3n) is 5.19. The maximum atomic E-state index is 12.7. The van der Waals surface area contributed by atoms with Crippen LogP contribution in [0.15, 0.2) is 12.3 Å². The van der Waals surface area contributed by atoms with Crippen molar-refractivity contribution >= 4 is 10.9 Å². The molecule has 0 amide bonds. The summed E-state index contributed by atoms with van der Waals surface area (Å²) in [6.45, 7) is 0.509. The summed E-state index contributed by atoms with van der Waals surface area (Å²) < 4.78 is 48.2. The highest BCUT2D eigenvalue weighted by molar-refractivity contribution is 5.87. The smallest absolute Gasteiger partial charge is 0.422 e. The van der Waals surface area contributed by atoms with Gasteiger partial charge in [0.25, 0.3) is 0 Å². The summed E-state index contributed by atoms with van der Waals surface area (Å²) in [5.74, 6) is -0.125. The van der Waals surface area contributed by atoms with Gasteiger partial charge in [-0.25, -0.2) is 0 Å². The van der Waals surface area contributed by atoms with Gasteiger partial charge in [0.05, 0.1) is 29.2 Å². The van der Waals surface area contributed by atoms with Crippen molar-refractivity contribution in [1.82, 2.24) is 19.9 Å². The Bertz CT molecular complexity index is 817. The van der Waals surface area contributed by atoms with Crippen molar-refractivity contribution in [3.05, 3.63) is 18.0 Å². The Labute approximate surface area is 148 Å². The van der Waals surface area contributed by atoms with Gasteiger partial charge in [0.15, 0.2) is 6.61 Å². The molecule has 26 heavy (non-hydrogen) atoms. The molecule has 0 aromatic carbocycles. The minimum Gasteiger partial charge on any atom is -0.467 e. The standard InChI is InChI=1S/C17H19F3N4O2/c1-25-15-22-11-4-7-21-13(16-5-2-8-24(16)9-3-6-16)12(11)14(23-15)26-10-17(18,19)20/h4,7H,2-3,5-6,8-10H2,1H3. The Morgan fingerprint density at radius 1 is 1.19 bits per heavy atom. The van der Waals surface area contributed by atoms with Crippen molar-refractivity contribution in [2.45, 2.75) is 37.4 Å². The zero-order valence-electron chi connectivity index (χ0n) is 14.3. The molecule has 0 unspecified atom stereocenters. The van der Waals surface area contributed by atoms with Crippen LogP contribution in [0.3, 0.4) is 0 Å². The number of methoxy groups -OCH3 is 1. The fourth-order valence-electron chi connectivity index (χ4n) is 4.22. The first kappa shape index (κ1) is 17.3. The molecule has 0 N–H and O–H groups in total. The van der Waals surface area contributed by atoms with E-state index in [1.54, 1.807) is 12.3 Å². The molecule has 0 bridgehead atoms. The fourth-order valence-corrected chi connectivity index (χ4v) is 4.22. The van der Waals surface area contributed by atoms with E-state index in [1.165, 1.54) is 7.11 Å². The third kappa shape index (κ3) is 2.84. The van der Waals surface area contributed by atoms with Crippen molar-refractivity contribution in [2.75, 3.05) is 26.8 Å². The highest BCUT2D eigenvalue weighted by atomic mass is 19.4. The van der Waals surface area contributed by atoms with Gasteiger partial charge in [0.1, 0.15) is 0 Å². The minimum absolute atomic E-state index is 0.0287. The van der Waals surface area contributed by atoms with Crippen LogP contribution in [0.2, 0.25) is 0 Å². The van der Waals surface area contributed by atoms with Crippen LogP contribution >= 0.6 is 0 Å². The van der Waals surface area contributed by atoms with Crippen LogP contribution in [0.25, 0.3) is 10.9 Å². The molecule has 0 aliphatic carbocycles. The van der Waals surface area contributed by atoms with E-state index in [-0.39, 0.29) is 17.4 Å². The number of nitrogens with zero attached hydrogens (tertiary/aromatic N) is 4. The van der Waals surface area contributed by atoms with Gasteiger partial charge in [-0.1, -0.05) is 0 Å². The molecule has 0 radical (unpaired) electrons. The molecule has 2 aliphatic heterocycles. The highest BCUT2D eigenvalue weighted by Crippen LogP contribution is 2.49. The van der Waals surface area contributed by atoms with Crippen molar-refractivity contribution in [2.24, 2.45) is 0 Å². The molecule has 2 aromatic rings. The SMILES string of the molecule is COc1nc(OCC(F)(F)F)c2c(C34CCCN3CCC4)nccc2n1. The van der Waals surface area contributed by atoms with E-state index in [0.29, 0.717) is 16.6 Å². The lowest BCUT2D eigenvalue weighted by molar-refractivity contribution is -0.153. The Kier molecular flexibility index (Phi) is 4.13. The summed E-state index contributed by atoms with van der Waals surface area (Å²) in [4.78, 5) is 15.3. The fraction of sp³-hybridized carbons (Fsp3) is 0.588. The molecule has 4 heterocycles. The first-order valence-electron chi connectivity index (χ1n) is 8.59. The third-order valence-corrected chi connectivity index (χ3v) is 5.19. The number of hydrogen-bond acceptors (Lipinski definition) is 6. The van der Waals surface area contributed by atoms with Gasteiger partial charge in [-0.3, -0.25) is 9.88 Å². The lowest BCUT2D eigenvalue weighted by Gasteiger charge is -2.32. The van der Waals surface area contributed by atoms with Gasteiger partial charge >= 0.3 is 12.2 Å². The van der Waals surface area contributed by atoms with E-state index in [1.807, 2.05) is 0 Å². The highest BCUT2D eigenvalue weighted by Gasteiger charge is 2.48. The van der Waals surface area contributed by atoms with Crippen molar-refractivity contribution in [1.29, 1.82) is 0 Å². The molecule has 0 spiro atoms. The number of halogens is 3. The lowest BCUT2D eigenvalue weighted by Crippen LogP contribution is -2.36. The topological polar surface area (TPSA) is 60.4 Å². The Morgan fingerprint density at radius 2 is 1.92 bits per heavy atom. The second kappa shape index (κ2) is 6.22. The van der Waals surface area contributed by atoms with Crippen molar-refractivity contribution in [3.63, 3.8) is 0 Å². The molecule has 2 aromatic heterocycles. The second-order valence-corrected chi connectivity index (χ2v) is 6.70. The van der Waals surface area contributed by atoms with Crippen LogP contribution in [0, 0.1) is 0 Å². The number of alkyl halides is 3. The number of fused-ring (bicyclic) bond motifs is 2. The first-order chi connectivity index (χ1) is 12.4. The van der Waals surface area contributed by atoms with Crippen molar-refractivity contribution < 1.29 is 22.6 Å².